The van der Waals surface area contributed by atoms with Crippen LogP contribution in [0.5, 0.6) is 0 Å². The average molecular weight is 263 g/mol. The van der Waals surface area contributed by atoms with E-state index in [1.807, 2.05) is 0 Å². The molecule has 2 rings (SSSR count). The molecule has 0 aromatic heterocycles. The first-order valence-electron chi connectivity index (χ1n) is 5.67. The quantitative estimate of drug-likeness (QED) is 0.721. The normalized spacial score (nSPS) is 27.9. The molecule has 0 unspecified atom stereocenters. The van der Waals surface area contributed by atoms with Crippen LogP contribution in [0.2, 0.25) is 0 Å². The second kappa shape index (κ2) is 4.22. The summed E-state index contributed by atoms with van der Waals surface area (Å²) < 4.78 is 33.8. The molecule has 2 heterocycles. The van der Waals surface area contributed by atoms with Gasteiger partial charge in [0, 0.05) is 13.0 Å². The first-order chi connectivity index (χ1) is 7.87. The first-order valence-corrected chi connectivity index (χ1v) is 7.11. The van der Waals surface area contributed by atoms with Crippen molar-refractivity contribution in [3.63, 3.8) is 0 Å². The van der Waals surface area contributed by atoms with E-state index in [-0.39, 0.29) is 12.5 Å². The Labute approximate surface area is 101 Å². The number of ether oxygens (including phenoxy) is 2. The van der Waals surface area contributed by atoms with Crippen molar-refractivity contribution >= 4 is 15.9 Å². The fraction of sp³-hybridized carbons (Fsp3) is 0.900. The second-order valence-electron chi connectivity index (χ2n) is 4.71. The summed E-state index contributed by atoms with van der Waals surface area (Å²) in [6.45, 7) is 4.23. The number of hydrogen-bond acceptors (Lipinski definition) is 5. The fourth-order valence-corrected chi connectivity index (χ4v) is 3.45. The monoisotopic (exact) mass is 263 g/mol. The van der Waals surface area contributed by atoms with E-state index in [1.54, 1.807) is 0 Å². The average Bonchev–Trinajstić information content (AvgIpc) is 2.29. The highest BCUT2D eigenvalue weighted by atomic mass is 32.2. The summed E-state index contributed by atoms with van der Waals surface area (Å²) in [5.41, 5.74) is 0. The molecule has 7 heteroatoms. The minimum Gasteiger partial charge on any atom is -0.353 e. The summed E-state index contributed by atoms with van der Waals surface area (Å²) in [6, 6.07) is 0. The summed E-state index contributed by atoms with van der Waals surface area (Å²) in [5.74, 6) is -0.353. The van der Waals surface area contributed by atoms with Crippen LogP contribution in [-0.2, 0) is 24.3 Å². The summed E-state index contributed by atoms with van der Waals surface area (Å²) in [6.07, 6.45) is 0.849. The second-order valence-corrected chi connectivity index (χ2v) is 7.12. The molecule has 2 saturated heterocycles. The maximum Gasteiger partial charge on any atom is 0.258 e. The third-order valence-electron chi connectivity index (χ3n) is 3.14. The van der Waals surface area contributed by atoms with E-state index in [0.29, 0.717) is 19.6 Å². The fourth-order valence-electron chi connectivity index (χ4n) is 1.90. The van der Waals surface area contributed by atoms with Crippen molar-refractivity contribution in [3.05, 3.63) is 0 Å². The molecule has 98 valence electrons. The molecule has 0 bridgehead atoms. The lowest BCUT2D eigenvalue weighted by molar-refractivity contribution is -0.182. The number of rotatable bonds is 3. The molecular weight excluding hydrogens is 246 g/mol. The van der Waals surface area contributed by atoms with E-state index in [2.05, 4.69) is 0 Å². The lowest BCUT2D eigenvalue weighted by Gasteiger charge is -2.43. The van der Waals surface area contributed by atoms with Crippen molar-refractivity contribution < 1.29 is 22.7 Å². The lowest BCUT2D eigenvalue weighted by Crippen LogP contribution is -2.67. The molecule has 0 spiro atoms. The van der Waals surface area contributed by atoms with Gasteiger partial charge in [0.25, 0.3) is 15.9 Å². The Morgan fingerprint density at radius 3 is 2.47 bits per heavy atom. The zero-order valence-electron chi connectivity index (χ0n) is 10.0. The molecule has 0 aromatic carbocycles. The summed E-state index contributed by atoms with van der Waals surface area (Å²) in [5, 5.41) is 0. The van der Waals surface area contributed by atoms with Crippen molar-refractivity contribution in [2.24, 2.45) is 0 Å². The van der Waals surface area contributed by atoms with Crippen LogP contribution in [0.1, 0.15) is 26.7 Å². The van der Waals surface area contributed by atoms with E-state index in [4.69, 9.17) is 9.47 Å². The zero-order valence-corrected chi connectivity index (χ0v) is 10.8. The van der Waals surface area contributed by atoms with Gasteiger partial charge in [0.1, 0.15) is 0 Å². The van der Waals surface area contributed by atoms with Crippen LogP contribution in [0.25, 0.3) is 0 Å². The Morgan fingerprint density at radius 2 is 1.94 bits per heavy atom. The van der Waals surface area contributed by atoms with Gasteiger partial charge < -0.3 is 9.47 Å². The highest BCUT2D eigenvalue weighted by Gasteiger charge is 2.59. The van der Waals surface area contributed by atoms with Gasteiger partial charge in [0.05, 0.1) is 13.2 Å². The van der Waals surface area contributed by atoms with Crippen LogP contribution < -0.4 is 0 Å². The van der Waals surface area contributed by atoms with Gasteiger partial charge in [-0.25, -0.2) is 12.7 Å². The van der Waals surface area contributed by atoms with E-state index >= 15 is 0 Å². The molecule has 0 atom stereocenters. The predicted molar refractivity (Wildman–Crippen MR) is 59.6 cm³/mol. The van der Waals surface area contributed by atoms with Crippen LogP contribution in [0, 0.1) is 0 Å². The number of carbonyl (C=O) groups is 1. The maximum atomic E-state index is 11.8. The predicted octanol–water partition coefficient (Wildman–Crippen LogP) is 0.0901. The summed E-state index contributed by atoms with van der Waals surface area (Å²) in [7, 11) is -3.48. The molecule has 2 aliphatic heterocycles. The number of sulfonamides is 1. The van der Waals surface area contributed by atoms with Gasteiger partial charge in [-0.2, -0.15) is 0 Å². The van der Waals surface area contributed by atoms with Crippen LogP contribution in [0.3, 0.4) is 0 Å². The topological polar surface area (TPSA) is 72.9 Å². The van der Waals surface area contributed by atoms with E-state index in [9.17, 15) is 13.2 Å². The van der Waals surface area contributed by atoms with Crippen molar-refractivity contribution in [1.82, 2.24) is 4.31 Å². The maximum absolute atomic E-state index is 11.8. The summed E-state index contributed by atoms with van der Waals surface area (Å²) >= 11 is 0. The Hall–Kier alpha value is -0.660. The number of nitrogens with zero attached hydrogens (tertiary/aromatic N) is 1. The van der Waals surface area contributed by atoms with E-state index < -0.39 is 21.1 Å². The van der Waals surface area contributed by atoms with Crippen LogP contribution >= 0.6 is 0 Å². The smallest absolute Gasteiger partial charge is 0.258 e. The Morgan fingerprint density at radius 1 is 1.35 bits per heavy atom. The third-order valence-corrected chi connectivity index (χ3v) is 5.53. The Balaban J connectivity index is 1.91. The molecule has 2 aliphatic rings. The first kappa shape index (κ1) is 12.8. The van der Waals surface area contributed by atoms with Crippen LogP contribution in [0.15, 0.2) is 0 Å². The molecular formula is C10H17NO5S. The van der Waals surface area contributed by atoms with Crippen molar-refractivity contribution in [2.75, 3.05) is 19.8 Å². The third kappa shape index (κ3) is 1.96. The van der Waals surface area contributed by atoms with Crippen molar-refractivity contribution in [1.29, 1.82) is 0 Å². The highest BCUT2D eigenvalue weighted by Crippen LogP contribution is 2.35. The van der Waals surface area contributed by atoms with Gasteiger partial charge in [0.2, 0.25) is 0 Å². The minimum atomic E-state index is -3.48. The number of hydrogen-bond donors (Lipinski definition) is 0. The van der Waals surface area contributed by atoms with Gasteiger partial charge in [-0.1, -0.05) is 0 Å². The summed E-state index contributed by atoms with van der Waals surface area (Å²) in [4.78, 5) is 11.6. The molecule has 17 heavy (non-hydrogen) atoms. The zero-order chi connectivity index (χ0) is 12.7. The van der Waals surface area contributed by atoms with Crippen LogP contribution in [0.4, 0.5) is 0 Å². The minimum absolute atomic E-state index is 0.134. The lowest BCUT2D eigenvalue weighted by atomic mass is 10.2. The highest BCUT2D eigenvalue weighted by molar-refractivity contribution is 7.94. The molecule has 6 nitrogen and oxygen atoms in total. The largest absolute Gasteiger partial charge is 0.353 e. The molecule has 0 radical (unpaired) electrons. The van der Waals surface area contributed by atoms with Gasteiger partial charge in [-0.05, 0) is 20.3 Å². The van der Waals surface area contributed by atoms with Gasteiger partial charge in [0.15, 0.2) is 11.0 Å². The standard InChI is InChI=1S/C10H17NO5S/c1-10(2)9(12)11(17(10,13)14)5-4-8-15-6-3-7-16-8/h8H,3-7H2,1-2H3. The molecule has 0 aliphatic carbocycles. The Bertz CT molecular complexity index is 410. The van der Waals surface area contributed by atoms with Gasteiger partial charge >= 0.3 is 0 Å². The molecule has 2 fully saturated rings. The van der Waals surface area contributed by atoms with Crippen molar-refractivity contribution in [3.8, 4) is 0 Å². The Kier molecular flexibility index (Phi) is 3.17. The molecule has 1 amide bonds. The molecule has 0 aromatic rings. The van der Waals surface area contributed by atoms with Gasteiger partial charge in [-0.15, -0.1) is 0 Å². The van der Waals surface area contributed by atoms with Crippen molar-refractivity contribution in [2.45, 2.75) is 37.7 Å². The molecule has 0 saturated carbocycles. The van der Waals surface area contributed by atoms with Crippen LogP contribution in [-0.4, -0.2) is 49.4 Å². The van der Waals surface area contributed by atoms with E-state index in [1.165, 1.54) is 13.8 Å². The van der Waals surface area contributed by atoms with E-state index in [0.717, 1.165) is 10.7 Å². The van der Waals surface area contributed by atoms with Gasteiger partial charge in [-0.3, -0.25) is 4.79 Å². The number of amides is 1. The SMILES string of the molecule is CC1(C)C(=O)N(CCC2OCCCO2)S1(=O)=O. The molecule has 0 N–H and O–H groups in total. The number of carbonyl (C=O) groups excluding carboxylic acids is 1.